The van der Waals surface area contributed by atoms with E-state index in [4.69, 9.17) is 0 Å². The molecule has 154 valence electrons. The zero-order valence-corrected chi connectivity index (χ0v) is 18.3. The molecule has 0 radical (unpaired) electrons. The highest BCUT2D eigenvalue weighted by atomic mass is 16.2. The fraction of sp³-hybridized carbons (Fsp3) is 0.640. The van der Waals surface area contributed by atoms with Gasteiger partial charge in [-0.05, 0) is 29.9 Å². The van der Waals surface area contributed by atoms with Gasteiger partial charge in [-0.3, -0.25) is 4.79 Å². The fourth-order valence-electron chi connectivity index (χ4n) is 4.62. The number of aromatic amines is 1. The van der Waals surface area contributed by atoms with Gasteiger partial charge in [-0.15, -0.1) is 0 Å². The molecule has 1 aromatic carbocycles. The first-order valence-electron chi connectivity index (χ1n) is 11.3. The Morgan fingerprint density at radius 1 is 1.07 bits per heavy atom. The van der Waals surface area contributed by atoms with Crippen molar-refractivity contribution in [2.24, 2.45) is 5.41 Å². The van der Waals surface area contributed by atoms with Gasteiger partial charge in [-0.25, -0.2) is 0 Å². The van der Waals surface area contributed by atoms with Crippen LogP contribution in [0.15, 0.2) is 24.3 Å². The van der Waals surface area contributed by atoms with Crippen LogP contribution < -0.4 is 0 Å². The van der Waals surface area contributed by atoms with Crippen molar-refractivity contribution in [1.29, 1.82) is 0 Å². The molecule has 0 aliphatic carbocycles. The Labute approximate surface area is 170 Å². The average Bonchev–Trinajstić information content (AvgIpc) is 3.03. The number of rotatable bonds is 8. The Bertz CT molecular complexity index is 783. The van der Waals surface area contributed by atoms with Gasteiger partial charge >= 0.3 is 0 Å². The second-order valence-electron chi connectivity index (χ2n) is 9.61. The molecule has 0 bridgehead atoms. The van der Waals surface area contributed by atoms with E-state index in [0.717, 1.165) is 19.4 Å². The molecule has 2 heterocycles. The number of unbranched alkanes of at least 4 members (excludes halogenated alkanes) is 6. The molecule has 3 rings (SSSR count). The van der Waals surface area contributed by atoms with Gasteiger partial charge in [0.2, 0.25) is 5.91 Å². The molecular formula is C25H38N2O. The average molecular weight is 383 g/mol. The van der Waals surface area contributed by atoms with Crippen molar-refractivity contribution in [3.8, 4) is 0 Å². The predicted octanol–water partition coefficient (Wildman–Crippen LogP) is 6.61. The topological polar surface area (TPSA) is 36.1 Å². The summed E-state index contributed by atoms with van der Waals surface area (Å²) in [7, 11) is 0. The monoisotopic (exact) mass is 382 g/mol. The van der Waals surface area contributed by atoms with Crippen molar-refractivity contribution in [3.63, 3.8) is 0 Å². The first-order valence-corrected chi connectivity index (χ1v) is 11.3. The highest BCUT2D eigenvalue weighted by Crippen LogP contribution is 2.37. The third kappa shape index (κ3) is 4.79. The van der Waals surface area contributed by atoms with Gasteiger partial charge < -0.3 is 9.88 Å². The minimum absolute atomic E-state index is 0.0753. The number of hydrogen-bond acceptors (Lipinski definition) is 1. The Morgan fingerprint density at radius 2 is 1.75 bits per heavy atom. The lowest BCUT2D eigenvalue weighted by atomic mass is 9.79. The second-order valence-corrected chi connectivity index (χ2v) is 9.61. The molecule has 1 aliphatic heterocycles. The number of nitrogens with one attached hydrogen (secondary N) is 1. The summed E-state index contributed by atoms with van der Waals surface area (Å²) in [5.74, 6) is 0.331. The normalized spacial score (nSPS) is 17.1. The van der Waals surface area contributed by atoms with Gasteiger partial charge in [0.05, 0.1) is 6.54 Å². The van der Waals surface area contributed by atoms with Gasteiger partial charge in [-0.1, -0.05) is 84.4 Å². The molecule has 3 heteroatoms. The molecule has 0 spiro atoms. The SMILES string of the molecule is CCCCCCCCCC(=O)N1Cc2[nH]c3ccccc3c2CC1C(C)(C)C. The number of para-hydroxylation sites is 1. The smallest absolute Gasteiger partial charge is 0.223 e. The highest BCUT2D eigenvalue weighted by molar-refractivity contribution is 5.86. The van der Waals surface area contributed by atoms with Crippen LogP contribution in [0.1, 0.15) is 90.3 Å². The Kier molecular flexibility index (Phi) is 6.85. The van der Waals surface area contributed by atoms with E-state index < -0.39 is 0 Å². The molecule has 1 aliphatic rings. The molecule has 1 amide bonds. The van der Waals surface area contributed by atoms with E-state index in [9.17, 15) is 4.79 Å². The van der Waals surface area contributed by atoms with Crippen molar-refractivity contribution in [2.45, 2.75) is 98.1 Å². The number of aromatic nitrogens is 1. The zero-order valence-electron chi connectivity index (χ0n) is 18.3. The van der Waals surface area contributed by atoms with Gasteiger partial charge in [0, 0.05) is 29.1 Å². The van der Waals surface area contributed by atoms with E-state index in [2.05, 4.69) is 61.8 Å². The van der Waals surface area contributed by atoms with Crippen LogP contribution in [0.5, 0.6) is 0 Å². The Hall–Kier alpha value is -1.77. The second kappa shape index (κ2) is 9.15. The van der Waals surface area contributed by atoms with Crippen molar-refractivity contribution < 1.29 is 4.79 Å². The van der Waals surface area contributed by atoms with Gasteiger partial charge in [-0.2, -0.15) is 0 Å². The van der Waals surface area contributed by atoms with Crippen LogP contribution in [-0.2, 0) is 17.8 Å². The summed E-state index contributed by atoms with van der Waals surface area (Å²) < 4.78 is 0. The van der Waals surface area contributed by atoms with Crippen LogP contribution in [0.3, 0.4) is 0 Å². The minimum Gasteiger partial charge on any atom is -0.357 e. The number of hydrogen-bond donors (Lipinski definition) is 1. The van der Waals surface area contributed by atoms with E-state index in [1.807, 2.05) is 0 Å². The van der Waals surface area contributed by atoms with Crippen LogP contribution in [0.2, 0.25) is 0 Å². The van der Waals surface area contributed by atoms with Crippen LogP contribution in [-0.4, -0.2) is 21.8 Å². The maximum Gasteiger partial charge on any atom is 0.223 e. The summed E-state index contributed by atoms with van der Waals surface area (Å²) in [6, 6.07) is 8.80. The van der Waals surface area contributed by atoms with E-state index in [-0.39, 0.29) is 11.5 Å². The fourth-order valence-corrected chi connectivity index (χ4v) is 4.62. The van der Waals surface area contributed by atoms with E-state index in [1.165, 1.54) is 60.7 Å². The first-order chi connectivity index (χ1) is 13.4. The van der Waals surface area contributed by atoms with Crippen molar-refractivity contribution in [3.05, 3.63) is 35.5 Å². The van der Waals surface area contributed by atoms with Crippen LogP contribution in [0, 0.1) is 5.41 Å². The molecule has 0 fully saturated rings. The summed E-state index contributed by atoms with van der Waals surface area (Å²) in [6.07, 6.45) is 10.4. The highest BCUT2D eigenvalue weighted by Gasteiger charge is 2.38. The van der Waals surface area contributed by atoms with E-state index in [0.29, 0.717) is 12.3 Å². The molecular weight excluding hydrogens is 344 g/mol. The lowest BCUT2D eigenvalue weighted by Gasteiger charge is -2.43. The number of carbonyl (C=O) groups excluding carboxylic acids is 1. The van der Waals surface area contributed by atoms with Crippen molar-refractivity contribution in [1.82, 2.24) is 9.88 Å². The number of benzene rings is 1. The van der Waals surface area contributed by atoms with Crippen molar-refractivity contribution in [2.75, 3.05) is 0 Å². The molecule has 1 aromatic heterocycles. The zero-order chi connectivity index (χ0) is 20.1. The molecule has 1 N–H and O–H groups in total. The Morgan fingerprint density at radius 3 is 2.46 bits per heavy atom. The number of carbonyl (C=O) groups is 1. The van der Waals surface area contributed by atoms with Gasteiger partial charge in [0.1, 0.15) is 0 Å². The molecule has 3 nitrogen and oxygen atoms in total. The van der Waals surface area contributed by atoms with Gasteiger partial charge in [0.15, 0.2) is 0 Å². The number of amides is 1. The largest absolute Gasteiger partial charge is 0.357 e. The molecule has 2 aromatic rings. The van der Waals surface area contributed by atoms with Crippen LogP contribution in [0.4, 0.5) is 0 Å². The van der Waals surface area contributed by atoms with Crippen LogP contribution in [0.25, 0.3) is 10.9 Å². The quantitative estimate of drug-likeness (QED) is 0.512. The maximum atomic E-state index is 13.1. The summed E-state index contributed by atoms with van der Waals surface area (Å²) in [4.78, 5) is 18.9. The molecule has 0 saturated heterocycles. The van der Waals surface area contributed by atoms with Gasteiger partial charge in [0.25, 0.3) is 0 Å². The lowest BCUT2D eigenvalue weighted by molar-refractivity contribution is -0.137. The third-order valence-corrected chi connectivity index (χ3v) is 6.32. The predicted molar refractivity (Wildman–Crippen MR) is 118 cm³/mol. The molecule has 1 unspecified atom stereocenters. The molecule has 0 saturated carbocycles. The summed E-state index contributed by atoms with van der Waals surface area (Å²) in [6.45, 7) is 9.78. The van der Waals surface area contributed by atoms with Crippen LogP contribution >= 0.6 is 0 Å². The Balaban J connectivity index is 1.66. The summed E-state index contributed by atoms with van der Waals surface area (Å²) in [5, 5.41) is 1.32. The van der Waals surface area contributed by atoms with E-state index in [1.54, 1.807) is 0 Å². The minimum atomic E-state index is 0.0753. The summed E-state index contributed by atoms with van der Waals surface area (Å²) >= 11 is 0. The number of H-pyrrole nitrogens is 1. The molecule has 28 heavy (non-hydrogen) atoms. The first kappa shape index (κ1) is 21.0. The standard InChI is InChI=1S/C25H38N2O/c1-5-6-7-8-9-10-11-16-24(28)27-18-22-20(17-23(27)25(2,3)4)19-14-12-13-15-21(19)26-22/h12-15,23,26H,5-11,16-18H2,1-4H3. The lowest BCUT2D eigenvalue weighted by Crippen LogP contribution is -2.50. The maximum absolute atomic E-state index is 13.1. The number of fused-ring (bicyclic) bond motifs is 3. The molecule has 1 atom stereocenters. The number of nitrogens with zero attached hydrogens (tertiary/aromatic N) is 1. The third-order valence-electron chi connectivity index (χ3n) is 6.32. The van der Waals surface area contributed by atoms with Crippen molar-refractivity contribution >= 4 is 16.8 Å². The summed E-state index contributed by atoms with van der Waals surface area (Å²) in [5.41, 5.74) is 3.91. The van der Waals surface area contributed by atoms with E-state index >= 15 is 0 Å².